The Hall–Kier alpha value is -2.37. The SMILES string of the molecule is Cc1cc(C)c(C(=O)O)c(C(C)C(C)(C)C(=O)N(C)C2CCN(Cc3cccc(Cl)c3)C2)c1. The number of nitrogens with zero attached hydrogens (tertiary/aromatic N) is 2. The van der Waals surface area contributed by atoms with Gasteiger partial charge in [0.1, 0.15) is 0 Å². The summed E-state index contributed by atoms with van der Waals surface area (Å²) in [6, 6.07) is 11.8. The Morgan fingerprint density at radius 2 is 1.94 bits per heavy atom. The lowest BCUT2D eigenvalue weighted by Gasteiger charge is -2.38. The number of benzene rings is 2. The van der Waals surface area contributed by atoms with Gasteiger partial charge >= 0.3 is 5.97 Å². The molecule has 0 radical (unpaired) electrons. The summed E-state index contributed by atoms with van der Waals surface area (Å²) >= 11 is 6.12. The number of aryl methyl sites for hydroxylation is 2. The van der Waals surface area contributed by atoms with Gasteiger partial charge in [-0.15, -0.1) is 0 Å². The molecule has 1 N–H and O–H groups in total. The van der Waals surface area contributed by atoms with E-state index in [2.05, 4.69) is 11.0 Å². The van der Waals surface area contributed by atoms with Crippen LogP contribution in [0.3, 0.4) is 0 Å². The van der Waals surface area contributed by atoms with Gasteiger partial charge in [0.15, 0.2) is 0 Å². The van der Waals surface area contributed by atoms with Crippen molar-refractivity contribution in [1.29, 1.82) is 0 Å². The summed E-state index contributed by atoms with van der Waals surface area (Å²) in [7, 11) is 1.88. The molecule has 1 saturated heterocycles. The molecule has 1 aliphatic rings. The number of aromatic carboxylic acids is 1. The average Bonchev–Trinajstić information content (AvgIpc) is 3.19. The fraction of sp³-hybridized carbons (Fsp3) is 0.481. The Balaban J connectivity index is 1.75. The van der Waals surface area contributed by atoms with Crippen molar-refractivity contribution >= 4 is 23.5 Å². The topological polar surface area (TPSA) is 60.9 Å². The molecular weight excluding hydrogens is 436 g/mol. The van der Waals surface area contributed by atoms with E-state index in [1.165, 1.54) is 5.56 Å². The zero-order chi connectivity index (χ0) is 24.5. The van der Waals surface area contributed by atoms with E-state index in [1.807, 2.05) is 76.9 Å². The first-order chi connectivity index (χ1) is 15.4. The highest BCUT2D eigenvalue weighted by Crippen LogP contribution is 2.40. The van der Waals surface area contributed by atoms with Gasteiger partial charge in [0.05, 0.1) is 11.0 Å². The number of amides is 1. The molecule has 33 heavy (non-hydrogen) atoms. The Morgan fingerprint density at radius 1 is 1.24 bits per heavy atom. The zero-order valence-corrected chi connectivity index (χ0v) is 21.2. The molecule has 2 unspecified atom stereocenters. The molecular formula is C27H35ClN2O3. The van der Waals surface area contributed by atoms with E-state index in [0.717, 1.165) is 47.8 Å². The number of likely N-dealkylation sites (N-methyl/N-ethyl adjacent to an activating group) is 1. The second-order valence-corrected chi connectivity index (χ2v) is 10.5. The third-order valence-electron chi connectivity index (χ3n) is 7.24. The largest absolute Gasteiger partial charge is 0.478 e. The minimum Gasteiger partial charge on any atom is -0.478 e. The van der Waals surface area contributed by atoms with Crippen LogP contribution in [0.1, 0.15) is 65.7 Å². The van der Waals surface area contributed by atoms with Crippen LogP contribution < -0.4 is 0 Å². The highest BCUT2D eigenvalue weighted by Gasteiger charge is 2.41. The van der Waals surface area contributed by atoms with Crippen LogP contribution in [0.2, 0.25) is 5.02 Å². The fourth-order valence-electron chi connectivity index (χ4n) is 4.99. The van der Waals surface area contributed by atoms with Gasteiger partial charge in [0.25, 0.3) is 0 Å². The molecule has 1 amide bonds. The number of hydrogen-bond acceptors (Lipinski definition) is 3. The maximum Gasteiger partial charge on any atom is 0.336 e. The molecule has 6 heteroatoms. The Bertz CT molecular complexity index is 1050. The van der Waals surface area contributed by atoms with Crippen molar-refractivity contribution in [2.45, 2.75) is 59.5 Å². The van der Waals surface area contributed by atoms with Crippen LogP contribution in [0.4, 0.5) is 0 Å². The van der Waals surface area contributed by atoms with Crippen LogP contribution in [0.25, 0.3) is 0 Å². The Labute approximate surface area is 202 Å². The highest BCUT2D eigenvalue weighted by molar-refractivity contribution is 6.30. The third kappa shape index (κ3) is 5.42. The van der Waals surface area contributed by atoms with Gasteiger partial charge in [-0.1, -0.05) is 62.2 Å². The molecule has 2 aromatic carbocycles. The number of halogens is 1. The van der Waals surface area contributed by atoms with Crippen molar-refractivity contribution in [1.82, 2.24) is 9.80 Å². The van der Waals surface area contributed by atoms with Gasteiger partial charge in [0.2, 0.25) is 5.91 Å². The molecule has 178 valence electrons. The average molecular weight is 471 g/mol. The van der Waals surface area contributed by atoms with Crippen molar-refractivity contribution in [2.75, 3.05) is 20.1 Å². The normalized spacial score (nSPS) is 17.7. The quantitative estimate of drug-likeness (QED) is 0.579. The maximum atomic E-state index is 13.7. The van der Waals surface area contributed by atoms with Crippen molar-refractivity contribution in [2.24, 2.45) is 5.41 Å². The van der Waals surface area contributed by atoms with Crippen LogP contribution >= 0.6 is 11.6 Å². The molecule has 0 bridgehead atoms. The van der Waals surface area contributed by atoms with Gasteiger partial charge in [-0.25, -0.2) is 4.79 Å². The van der Waals surface area contributed by atoms with Crippen LogP contribution in [0.15, 0.2) is 36.4 Å². The van der Waals surface area contributed by atoms with Crippen LogP contribution in [-0.2, 0) is 11.3 Å². The first-order valence-corrected chi connectivity index (χ1v) is 11.9. The van der Waals surface area contributed by atoms with E-state index in [4.69, 9.17) is 11.6 Å². The predicted molar refractivity (Wildman–Crippen MR) is 133 cm³/mol. The molecule has 1 heterocycles. The molecule has 0 saturated carbocycles. The molecule has 0 aliphatic carbocycles. The number of carbonyl (C=O) groups excluding carboxylic acids is 1. The maximum absolute atomic E-state index is 13.7. The Kier molecular flexibility index (Phi) is 7.55. The minimum absolute atomic E-state index is 0.0418. The van der Waals surface area contributed by atoms with Crippen molar-refractivity contribution in [3.8, 4) is 0 Å². The first kappa shape index (κ1) is 25.3. The molecule has 2 atom stereocenters. The molecule has 5 nitrogen and oxygen atoms in total. The summed E-state index contributed by atoms with van der Waals surface area (Å²) in [6.45, 7) is 12.1. The van der Waals surface area contributed by atoms with E-state index in [-0.39, 0.29) is 17.9 Å². The van der Waals surface area contributed by atoms with Gasteiger partial charge in [-0.05, 0) is 55.0 Å². The number of carboxylic acid groups (broad SMARTS) is 1. The fourth-order valence-corrected chi connectivity index (χ4v) is 5.21. The van der Waals surface area contributed by atoms with Gasteiger partial charge in [-0.3, -0.25) is 9.69 Å². The predicted octanol–water partition coefficient (Wildman–Crippen LogP) is 5.52. The second-order valence-electron chi connectivity index (χ2n) is 10.0. The summed E-state index contributed by atoms with van der Waals surface area (Å²) in [6.07, 6.45) is 0.914. The smallest absolute Gasteiger partial charge is 0.336 e. The monoisotopic (exact) mass is 470 g/mol. The lowest BCUT2D eigenvalue weighted by Crippen LogP contribution is -2.47. The van der Waals surface area contributed by atoms with Crippen LogP contribution in [0, 0.1) is 19.3 Å². The second kappa shape index (κ2) is 9.86. The van der Waals surface area contributed by atoms with E-state index >= 15 is 0 Å². The summed E-state index contributed by atoms with van der Waals surface area (Å²) in [4.78, 5) is 29.9. The zero-order valence-electron chi connectivity index (χ0n) is 20.5. The van der Waals surface area contributed by atoms with E-state index in [9.17, 15) is 14.7 Å². The summed E-state index contributed by atoms with van der Waals surface area (Å²) in [5.74, 6) is -1.15. The number of rotatable bonds is 7. The van der Waals surface area contributed by atoms with Crippen LogP contribution in [0.5, 0.6) is 0 Å². The van der Waals surface area contributed by atoms with Crippen molar-refractivity contribution in [3.05, 3.63) is 69.2 Å². The first-order valence-electron chi connectivity index (χ1n) is 11.5. The number of carbonyl (C=O) groups is 2. The minimum atomic E-state index is -0.946. The van der Waals surface area contributed by atoms with E-state index in [1.54, 1.807) is 0 Å². The molecule has 1 fully saturated rings. The summed E-state index contributed by atoms with van der Waals surface area (Å²) in [5.41, 5.74) is 3.18. The number of likely N-dealkylation sites (tertiary alicyclic amines) is 1. The molecule has 0 spiro atoms. The highest BCUT2D eigenvalue weighted by atomic mass is 35.5. The number of carboxylic acids is 1. The lowest BCUT2D eigenvalue weighted by molar-refractivity contribution is -0.142. The third-order valence-corrected chi connectivity index (χ3v) is 7.47. The van der Waals surface area contributed by atoms with Gasteiger partial charge < -0.3 is 10.0 Å². The standard InChI is InChI=1S/C27H35ClN2O3/c1-17-12-18(2)24(25(31)32)23(13-17)19(3)27(4,5)26(33)29(6)22-10-11-30(16-22)15-20-8-7-9-21(28)14-20/h7-9,12-14,19,22H,10-11,15-16H2,1-6H3,(H,31,32). The lowest BCUT2D eigenvalue weighted by atomic mass is 9.72. The molecule has 0 aromatic heterocycles. The van der Waals surface area contributed by atoms with E-state index in [0.29, 0.717) is 5.56 Å². The number of hydrogen-bond donors (Lipinski definition) is 1. The Morgan fingerprint density at radius 3 is 2.58 bits per heavy atom. The summed E-state index contributed by atoms with van der Waals surface area (Å²) < 4.78 is 0. The van der Waals surface area contributed by atoms with Gasteiger partial charge in [0, 0.05) is 37.7 Å². The molecule has 1 aliphatic heterocycles. The van der Waals surface area contributed by atoms with E-state index < -0.39 is 11.4 Å². The summed E-state index contributed by atoms with van der Waals surface area (Å²) in [5, 5.41) is 10.6. The van der Waals surface area contributed by atoms with Crippen molar-refractivity contribution < 1.29 is 14.7 Å². The van der Waals surface area contributed by atoms with Gasteiger partial charge in [-0.2, -0.15) is 0 Å². The van der Waals surface area contributed by atoms with Crippen molar-refractivity contribution in [3.63, 3.8) is 0 Å². The molecule has 2 aromatic rings. The van der Waals surface area contributed by atoms with Crippen LogP contribution in [-0.4, -0.2) is 53.0 Å². The molecule has 3 rings (SSSR count).